The summed E-state index contributed by atoms with van der Waals surface area (Å²) in [5.74, 6) is -2.53. The van der Waals surface area contributed by atoms with E-state index in [2.05, 4.69) is 94.2 Å². The van der Waals surface area contributed by atoms with E-state index in [1.807, 2.05) is 0 Å². The van der Waals surface area contributed by atoms with Gasteiger partial charge in [0.1, 0.15) is 12.7 Å². The number of unbranched alkanes of at least 4 members (excludes halogenated alkanes) is 4. The minimum Gasteiger partial charge on any atom is -0.480 e. The van der Waals surface area contributed by atoms with E-state index in [0.29, 0.717) is 6.42 Å². The number of hydrogen-bond acceptors (Lipinski definition) is 8. The number of allylic oxidation sites excluding steroid dienone is 12. The minimum absolute atomic E-state index is 0.0209. The molecule has 0 aliphatic heterocycles. The van der Waals surface area contributed by atoms with Gasteiger partial charge in [-0.15, -0.1) is 0 Å². The molecule has 11 nitrogen and oxygen atoms in total. The number of esters is 1. The Kier molecular flexibility index (Phi) is 28.3. The molecule has 0 heterocycles. The molecule has 4 N–H and O–H groups in total. The molecule has 0 saturated carbocycles. The van der Waals surface area contributed by atoms with Crippen LogP contribution in [0.4, 0.5) is 0 Å². The third kappa shape index (κ3) is 30.0. The maximum Gasteiger partial charge on any atom is 0.472 e. The number of hydrogen-bond donors (Lipinski definition) is 4. The van der Waals surface area contributed by atoms with Crippen molar-refractivity contribution in [3.05, 3.63) is 72.9 Å². The highest BCUT2D eigenvalue weighted by molar-refractivity contribution is 7.47. The van der Waals surface area contributed by atoms with Crippen molar-refractivity contribution in [3.8, 4) is 0 Å². The molecule has 0 aromatic rings. The largest absolute Gasteiger partial charge is 0.480 e. The molecular weight excluding hydrogens is 625 g/mol. The molecule has 12 heteroatoms. The van der Waals surface area contributed by atoms with Crippen LogP contribution in [0, 0.1) is 0 Å². The van der Waals surface area contributed by atoms with E-state index < -0.39 is 57.6 Å². The van der Waals surface area contributed by atoms with Crippen molar-refractivity contribution in [1.82, 2.24) is 5.32 Å². The van der Waals surface area contributed by atoms with E-state index in [1.54, 1.807) is 0 Å². The summed E-state index contributed by atoms with van der Waals surface area (Å²) in [4.78, 5) is 44.1. The first-order valence-corrected chi connectivity index (χ1v) is 18.0. The molecule has 0 aliphatic carbocycles. The second-order valence-electron chi connectivity index (χ2n) is 10.6. The van der Waals surface area contributed by atoms with Crippen LogP contribution in [0.3, 0.4) is 0 Å². The van der Waals surface area contributed by atoms with Gasteiger partial charge in [0, 0.05) is 12.8 Å². The number of aliphatic hydroxyl groups excluding tert-OH is 1. The number of phosphoric acid groups is 1. The van der Waals surface area contributed by atoms with Crippen molar-refractivity contribution in [2.24, 2.45) is 0 Å². The Morgan fingerprint density at radius 1 is 0.702 bits per heavy atom. The number of carbonyl (C=O) groups is 3. The van der Waals surface area contributed by atoms with Crippen molar-refractivity contribution in [2.45, 2.75) is 109 Å². The topological polar surface area (TPSA) is 169 Å². The number of carboxylic acid groups (broad SMARTS) is 1. The fourth-order valence-electron chi connectivity index (χ4n) is 3.69. The Bertz CT molecular complexity index is 1080. The van der Waals surface area contributed by atoms with Gasteiger partial charge < -0.3 is 25.2 Å². The van der Waals surface area contributed by atoms with Gasteiger partial charge in [0.2, 0.25) is 5.91 Å². The summed E-state index contributed by atoms with van der Waals surface area (Å²) in [6.07, 6.45) is 35.3. The van der Waals surface area contributed by atoms with E-state index in [0.717, 1.165) is 64.2 Å². The molecule has 0 fully saturated rings. The number of ether oxygens (including phenoxy) is 1. The van der Waals surface area contributed by atoms with Crippen LogP contribution in [0.2, 0.25) is 0 Å². The first-order chi connectivity index (χ1) is 22.6. The van der Waals surface area contributed by atoms with Crippen LogP contribution < -0.4 is 5.32 Å². The summed E-state index contributed by atoms with van der Waals surface area (Å²) < 4.78 is 26.1. The number of carbonyl (C=O) groups excluding carboxylic acids is 2. The van der Waals surface area contributed by atoms with Crippen molar-refractivity contribution in [2.75, 3.05) is 19.8 Å². The predicted molar refractivity (Wildman–Crippen MR) is 184 cm³/mol. The molecule has 0 saturated heterocycles. The van der Waals surface area contributed by atoms with E-state index in [1.165, 1.54) is 6.92 Å². The number of aliphatic carboxylic acids is 1. The van der Waals surface area contributed by atoms with Crippen LogP contribution in [-0.2, 0) is 32.7 Å². The molecule has 0 radical (unpaired) electrons. The predicted octanol–water partition coefficient (Wildman–Crippen LogP) is 7.04. The molecule has 0 spiro atoms. The molecule has 47 heavy (non-hydrogen) atoms. The molecule has 0 rings (SSSR count). The molecule has 266 valence electrons. The van der Waals surface area contributed by atoms with Crippen molar-refractivity contribution >= 4 is 25.7 Å². The second kappa shape index (κ2) is 30.3. The number of nitrogens with one attached hydrogen (secondary N) is 1. The molecular formula is C35H56NO10P. The van der Waals surface area contributed by atoms with Gasteiger partial charge in [-0.25, -0.2) is 9.36 Å². The van der Waals surface area contributed by atoms with E-state index in [-0.39, 0.29) is 12.8 Å². The lowest BCUT2D eigenvalue weighted by Gasteiger charge is -2.18. The molecule has 0 aliphatic rings. The maximum atomic E-state index is 11.9. The summed E-state index contributed by atoms with van der Waals surface area (Å²) in [5.41, 5.74) is 0. The Morgan fingerprint density at radius 3 is 1.70 bits per heavy atom. The van der Waals surface area contributed by atoms with Crippen LogP contribution in [0.1, 0.15) is 97.3 Å². The SMILES string of the molecule is CC/C=C\C/C=C\C/C=C\C/C=C\C/C=C\C/C=C\CCCCCCC(=O)OCC(O)COP(=O)(O)OCC(NC(=O)CC)C(=O)O. The zero-order chi connectivity index (χ0) is 35.0. The van der Waals surface area contributed by atoms with Gasteiger partial charge in [0.15, 0.2) is 6.04 Å². The molecule has 0 aromatic heterocycles. The molecule has 3 atom stereocenters. The van der Waals surface area contributed by atoms with E-state index in [4.69, 9.17) is 9.84 Å². The summed E-state index contributed by atoms with van der Waals surface area (Å²) in [6, 6.07) is -1.55. The quantitative estimate of drug-likeness (QED) is 0.0278. The highest BCUT2D eigenvalue weighted by Crippen LogP contribution is 2.43. The summed E-state index contributed by atoms with van der Waals surface area (Å²) >= 11 is 0. The maximum absolute atomic E-state index is 11.9. The number of aliphatic hydroxyl groups is 1. The number of carboxylic acids is 1. The molecule has 0 aromatic carbocycles. The highest BCUT2D eigenvalue weighted by Gasteiger charge is 2.28. The number of amides is 1. The first-order valence-electron chi connectivity index (χ1n) is 16.5. The summed E-state index contributed by atoms with van der Waals surface area (Å²) in [5, 5.41) is 21.1. The van der Waals surface area contributed by atoms with Crippen LogP contribution in [0.25, 0.3) is 0 Å². The highest BCUT2D eigenvalue weighted by atomic mass is 31.2. The Balaban J connectivity index is 3.82. The second-order valence-corrected chi connectivity index (χ2v) is 12.0. The van der Waals surface area contributed by atoms with E-state index in [9.17, 15) is 28.9 Å². The molecule has 3 unspecified atom stereocenters. The Morgan fingerprint density at radius 2 is 1.19 bits per heavy atom. The number of rotatable bonds is 29. The lowest BCUT2D eigenvalue weighted by molar-refractivity contribution is -0.147. The Hall–Kier alpha value is -3.08. The first kappa shape index (κ1) is 43.9. The smallest absolute Gasteiger partial charge is 0.472 e. The molecule has 1 amide bonds. The van der Waals surface area contributed by atoms with Crippen LogP contribution in [0.15, 0.2) is 72.9 Å². The van der Waals surface area contributed by atoms with Crippen molar-refractivity contribution < 1.29 is 47.8 Å². The lowest BCUT2D eigenvalue weighted by Crippen LogP contribution is -2.43. The fraction of sp³-hybridized carbons (Fsp3) is 0.571. The van der Waals surface area contributed by atoms with Gasteiger partial charge in [-0.1, -0.05) is 99.6 Å². The van der Waals surface area contributed by atoms with Gasteiger partial charge in [-0.05, 0) is 57.8 Å². The van der Waals surface area contributed by atoms with Gasteiger partial charge in [0.25, 0.3) is 0 Å². The van der Waals surface area contributed by atoms with Gasteiger partial charge >= 0.3 is 19.8 Å². The standard InChI is InChI=1S/C35H56NO10P/c1-3-5-6-7-8-9-10-11-12-13-14-15-16-17-18-19-20-21-22-23-24-25-26-27-34(39)44-28-31(37)29-45-47(42,43)46-30-32(35(40)41)36-33(38)4-2/h5-6,8-9,11-12,14-15,17-18,20-21,31-32,37H,3-4,7,10,13,16,19,22-30H2,1-2H3,(H,36,38)(H,40,41)(H,42,43)/b6-5-,9-8-,12-11-,15-14-,18-17-,21-20-. The summed E-state index contributed by atoms with van der Waals surface area (Å²) in [7, 11) is -4.72. The van der Waals surface area contributed by atoms with Gasteiger partial charge in [-0.3, -0.25) is 18.6 Å². The fourth-order valence-corrected chi connectivity index (χ4v) is 4.46. The van der Waals surface area contributed by atoms with Crippen LogP contribution in [0.5, 0.6) is 0 Å². The zero-order valence-corrected chi connectivity index (χ0v) is 28.9. The Labute approximate surface area is 280 Å². The molecule has 0 bridgehead atoms. The third-order valence-corrected chi connectivity index (χ3v) is 7.27. The van der Waals surface area contributed by atoms with Crippen molar-refractivity contribution in [1.29, 1.82) is 0 Å². The average molecular weight is 682 g/mol. The van der Waals surface area contributed by atoms with Gasteiger partial charge in [-0.2, -0.15) is 0 Å². The normalized spacial score (nSPS) is 15.0. The zero-order valence-electron chi connectivity index (χ0n) is 28.0. The monoisotopic (exact) mass is 681 g/mol. The van der Waals surface area contributed by atoms with E-state index >= 15 is 0 Å². The average Bonchev–Trinajstić information content (AvgIpc) is 3.04. The summed E-state index contributed by atoms with van der Waals surface area (Å²) in [6.45, 7) is 1.71. The van der Waals surface area contributed by atoms with Crippen molar-refractivity contribution in [3.63, 3.8) is 0 Å². The minimum atomic E-state index is -4.72. The lowest BCUT2D eigenvalue weighted by atomic mass is 10.1. The number of phosphoric ester groups is 1. The third-order valence-electron chi connectivity index (χ3n) is 6.32. The van der Waals surface area contributed by atoms with Crippen LogP contribution in [-0.4, -0.2) is 64.9 Å². The van der Waals surface area contributed by atoms with Gasteiger partial charge in [0.05, 0.1) is 13.2 Å². The van der Waals surface area contributed by atoms with Crippen LogP contribution >= 0.6 is 7.82 Å².